The second kappa shape index (κ2) is 5.73. The summed E-state index contributed by atoms with van der Waals surface area (Å²) in [7, 11) is 0. The van der Waals surface area contributed by atoms with Crippen LogP contribution in [-0.2, 0) is 16.0 Å². The Balaban J connectivity index is 2.25. The highest BCUT2D eigenvalue weighted by molar-refractivity contribution is 8.13. The van der Waals surface area contributed by atoms with Gasteiger partial charge in [-0.1, -0.05) is 30.0 Å². The molecule has 0 saturated heterocycles. The summed E-state index contributed by atoms with van der Waals surface area (Å²) in [6.07, 6.45) is 4.69. The third kappa shape index (κ3) is 2.56. The largest absolute Gasteiger partial charge is 0.361 e. The van der Waals surface area contributed by atoms with Gasteiger partial charge in [0.2, 0.25) is 11.5 Å². The first-order valence-corrected chi connectivity index (χ1v) is 6.81. The molecule has 0 bridgehead atoms. The van der Waals surface area contributed by atoms with E-state index in [2.05, 4.69) is 10.3 Å². The minimum absolute atomic E-state index is 0.0348. The van der Waals surface area contributed by atoms with Gasteiger partial charge in [-0.05, 0) is 17.9 Å². The van der Waals surface area contributed by atoms with Crippen molar-refractivity contribution in [3.8, 4) is 0 Å². The van der Waals surface area contributed by atoms with Crippen molar-refractivity contribution in [2.75, 3.05) is 6.26 Å². The molecule has 0 unspecified atom stereocenters. The van der Waals surface area contributed by atoms with Gasteiger partial charge in [0.1, 0.15) is 6.04 Å². The number of amides is 1. The summed E-state index contributed by atoms with van der Waals surface area (Å²) in [5.41, 5.74) is 2.07. The minimum Gasteiger partial charge on any atom is -0.361 e. The first-order chi connectivity index (χ1) is 8.76. The summed E-state index contributed by atoms with van der Waals surface area (Å²) in [5, 5.41) is 3.62. The Labute approximate surface area is 109 Å². The molecule has 1 atom stereocenters. The van der Waals surface area contributed by atoms with E-state index < -0.39 is 6.04 Å². The SMILES string of the molecule is CSC(=O)[C@H](Cc1c[nH]c2ccccc12)NC=O. The molecule has 1 aromatic carbocycles. The zero-order chi connectivity index (χ0) is 13.0. The molecule has 4 nitrogen and oxygen atoms in total. The molecule has 0 aliphatic heterocycles. The van der Waals surface area contributed by atoms with E-state index in [9.17, 15) is 9.59 Å². The molecule has 2 aromatic rings. The van der Waals surface area contributed by atoms with E-state index in [1.807, 2.05) is 30.5 Å². The van der Waals surface area contributed by atoms with Crippen molar-refractivity contribution in [3.05, 3.63) is 36.0 Å². The van der Waals surface area contributed by atoms with Crippen LogP contribution < -0.4 is 5.32 Å². The van der Waals surface area contributed by atoms with Crippen LogP contribution in [0.15, 0.2) is 30.5 Å². The van der Waals surface area contributed by atoms with Gasteiger partial charge in [-0.25, -0.2) is 0 Å². The molecular formula is C13H14N2O2S. The van der Waals surface area contributed by atoms with Crippen molar-refractivity contribution in [2.24, 2.45) is 0 Å². The van der Waals surface area contributed by atoms with E-state index in [-0.39, 0.29) is 5.12 Å². The van der Waals surface area contributed by atoms with Crippen LogP contribution in [-0.4, -0.2) is 28.8 Å². The molecule has 0 spiro atoms. The van der Waals surface area contributed by atoms with Crippen LogP contribution >= 0.6 is 11.8 Å². The number of aromatic nitrogens is 1. The highest BCUT2D eigenvalue weighted by Gasteiger charge is 2.18. The average molecular weight is 262 g/mol. The fourth-order valence-electron chi connectivity index (χ4n) is 1.96. The maximum Gasteiger partial charge on any atom is 0.211 e. The van der Waals surface area contributed by atoms with E-state index >= 15 is 0 Å². The number of nitrogens with one attached hydrogen (secondary N) is 2. The minimum atomic E-state index is -0.475. The number of aromatic amines is 1. The van der Waals surface area contributed by atoms with E-state index in [0.29, 0.717) is 12.8 Å². The summed E-state index contributed by atoms with van der Waals surface area (Å²) in [5.74, 6) is 0. The lowest BCUT2D eigenvalue weighted by Gasteiger charge is -2.12. The fraction of sp³-hybridized carbons (Fsp3) is 0.231. The van der Waals surface area contributed by atoms with Crippen LogP contribution in [0.1, 0.15) is 5.56 Å². The fourth-order valence-corrected chi connectivity index (χ4v) is 2.39. The lowest BCUT2D eigenvalue weighted by Crippen LogP contribution is -2.36. The zero-order valence-electron chi connectivity index (χ0n) is 9.97. The van der Waals surface area contributed by atoms with Crippen molar-refractivity contribution in [3.63, 3.8) is 0 Å². The molecule has 1 heterocycles. The first kappa shape index (κ1) is 12.7. The number of carbonyl (C=O) groups is 2. The third-order valence-electron chi connectivity index (χ3n) is 2.85. The van der Waals surface area contributed by atoms with Gasteiger partial charge in [0.15, 0.2) is 0 Å². The van der Waals surface area contributed by atoms with Gasteiger partial charge in [0.05, 0.1) is 0 Å². The smallest absolute Gasteiger partial charge is 0.211 e. The Morgan fingerprint density at radius 1 is 1.50 bits per heavy atom. The monoisotopic (exact) mass is 262 g/mol. The first-order valence-electron chi connectivity index (χ1n) is 5.58. The van der Waals surface area contributed by atoms with E-state index in [1.54, 1.807) is 6.26 Å². The molecule has 2 N–H and O–H groups in total. The molecule has 0 saturated carbocycles. The number of carbonyl (C=O) groups excluding carboxylic acids is 2. The maximum atomic E-state index is 11.7. The number of fused-ring (bicyclic) bond motifs is 1. The van der Waals surface area contributed by atoms with Gasteiger partial charge in [0, 0.05) is 23.5 Å². The zero-order valence-corrected chi connectivity index (χ0v) is 10.8. The number of benzene rings is 1. The van der Waals surface area contributed by atoms with E-state index in [1.165, 1.54) is 0 Å². The summed E-state index contributed by atoms with van der Waals surface area (Å²) in [4.78, 5) is 25.4. The number of hydrogen-bond acceptors (Lipinski definition) is 3. The van der Waals surface area contributed by atoms with Crippen LogP contribution in [0.25, 0.3) is 10.9 Å². The molecule has 94 valence electrons. The highest BCUT2D eigenvalue weighted by Crippen LogP contribution is 2.20. The third-order valence-corrected chi connectivity index (χ3v) is 3.54. The number of hydrogen-bond donors (Lipinski definition) is 2. The van der Waals surface area contributed by atoms with E-state index in [4.69, 9.17) is 0 Å². The highest BCUT2D eigenvalue weighted by atomic mass is 32.2. The van der Waals surface area contributed by atoms with Crippen molar-refractivity contribution in [1.82, 2.24) is 10.3 Å². The molecular weight excluding hydrogens is 248 g/mol. The molecule has 0 fully saturated rings. The van der Waals surface area contributed by atoms with Gasteiger partial charge in [-0.2, -0.15) is 0 Å². The molecule has 18 heavy (non-hydrogen) atoms. The predicted molar refractivity (Wildman–Crippen MR) is 73.5 cm³/mol. The lowest BCUT2D eigenvalue weighted by atomic mass is 10.1. The molecule has 5 heteroatoms. The summed E-state index contributed by atoms with van der Waals surface area (Å²) in [6, 6.07) is 7.42. The van der Waals surface area contributed by atoms with E-state index in [0.717, 1.165) is 28.2 Å². The normalized spacial score (nSPS) is 12.3. The molecule has 0 aliphatic rings. The molecule has 2 rings (SSSR count). The number of thioether (sulfide) groups is 1. The van der Waals surface area contributed by atoms with Crippen LogP contribution in [0.3, 0.4) is 0 Å². The Morgan fingerprint density at radius 2 is 2.28 bits per heavy atom. The summed E-state index contributed by atoms with van der Waals surface area (Å²) in [6.45, 7) is 0. The van der Waals surface area contributed by atoms with Crippen molar-refractivity contribution in [2.45, 2.75) is 12.5 Å². The number of rotatable bonds is 5. The molecule has 1 aromatic heterocycles. The number of H-pyrrole nitrogens is 1. The predicted octanol–water partition coefficient (Wildman–Crippen LogP) is 1.71. The van der Waals surface area contributed by atoms with Crippen molar-refractivity contribution < 1.29 is 9.59 Å². The molecule has 0 aliphatic carbocycles. The summed E-state index contributed by atoms with van der Waals surface area (Å²) >= 11 is 1.13. The quantitative estimate of drug-likeness (QED) is 0.806. The topological polar surface area (TPSA) is 62.0 Å². The second-order valence-electron chi connectivity index (χ2n) is 3.92. The molecule has 0 radical (unpaired) electrons. The van der Waals surface area contributed by atoms with Crippen molar-refractivity contribution in [1.29, 1.82) is 0 Å². The van der Waals surface area contributed by atoms with Crippen LogP contribution in [0.2, 0.25) is 0 Å². The van der Waals surface area contributed by atoms with Gasteiger partial charge in [0.25, 0.3) is 0 Å². The average Bonchev–Trinajstić information content (AvgIpc) is 2.81. The van der Waals surface area contributed by atoms with Crippen molar-refractivity contribution >= 4 is 34.2 Å². The van der Waals surface area contributed by atoms with Crippen LogP contribution in [0.4, 0.5) is 0 Å². The van der Waals surface area contributed by atoms with Gasteiger partial charge in [-0.3, -0.25) is 9.59 Å². The maximum absolute atomic E-state index is 11.7. The van der Waals surface area contributed by atoms with Crippen LogP contribution in [0.5, 0.6) is 0 Å². The Morgan fingerprint density at radius 3 is 3.00 bits per heavy atom. The van der Waals surface area contributed by atoms with Gasteiger partial charge >= 0.3 is 0 Å². The Kier molecular flexibility index (Phi) is 4.04. The van der Waals surface area contributed by atoms with Crippen LogP contribution in [0, 0.1) is 0 Å². The van der Waals surface area contributed by atoms with Gasteiger partial charge in [-0.15, -0.1) is 0 Å². The standard InChI is InChI=1S/C13H14N2O2S/c1-18-13(17)12(15-8-16)6-9-7-14-11-5-3-2-4-10(9)11/h2-5,7-8,12,14H,6H2,1H3,(H,15,16)/t12-/m0/s1. The van der Waals surface area contributed by atoms with Gasteiger partial charge < -0.3 is 10.3 Å². The summed E-state index contributed by atoms with van der Waals surface area (Å²) < 4.78 is 0. The lowest BCUT2D eigenvalue weighted by molar-refractivity contribution is -0.117. The second-order valence-corrected chi connectivity index (χ2v) is 4.73. The Bertz CT molecular complexity index is 565. The Hall–Kier alpha value is -1.75. The number of para-hydroxylation sites is 1. The molecule has 1 amide bonds.